The maximum absolute atomic E-state index is 5.42. The van der Waals surface area contributed by atoms with Crippen molar-refractivity contribution in [3.05, 3.63) is 170 Å². The van der Waals surface area contributed by atoms with Crippen LogP contribution in [0.5, 0.6) is 0 Å². The molecule has 50 heavy (non-hydrogen) atoms. The molecule has 0 N–H and O–H groups in total. The summed E-state index contributed by atoms with van der Waals surface area (Å²) < 4.78 is 4.69. The molecular formula is C46H28N4. The maximum atomic E-state index is 5.42. The number of aromatic nitrogens is 4. The smallest absolute Gasteiger partial charge is 0.156 e. The Morgan fingerprint density at radius 1 is 0.340 bits per heavy atom. The van der Waals surface area contributed by atoms with E-state index >= 15 is 0 Å². The first-order chi connectivity index (χ1) is 24.8. The lowest BCUT2D eigenvalue weighted by atomic mass is 10.00. The fraction of sp³-hybridized carbons (Fsp3) is 0. The second kappa shape index (κ2) is 10.4. The molecular weight excluding hydrogens is 609 g/mol. The highest BCUT2D eigenvalue weighted by Crippen LogP contribution is 2.42. The molecule has 8 aromatic carbocycles. The molecule has 0 spiro atoms. The van der Waals surface area contributed by atoms with Crippen LogP contribution in [0.1, 0.15) is 0 Å². The number of para-hydroxylation sites is 2. The molecule has 0 radical (unpaired) electrons. The Labute approximate surface area is 287 Å². The molecule has 0 aliphatic carbocycles. The standard InChI is InChI=1S/C46H28N4/c1-2-12-29(13-3-1)30-22-24-31(25-23-30)49-38-20-10-8-18-36(38)43-40(49)26-27-41-44(43)37-19-9-11-21-39(37)50(41)42-28-47-45-34-16-6-4-14-32(34)33-15-5-7-17-35(33)46(45)48-42/h1-28H. The summed E-state index contributed by atoms with van der Waals surface area (Å²) in [5, 5.41) is 9.50. The van der Waals surface area contributed by atoms with Gasteiger partial charge in [-0.15, -0.1) is 0 Å². The van der Waals surface area contributed by atoms with Crippen LogP contribution < -0.4 is 0 Å². The SMILES string of the molecule is c1ccc(-c2ccc(-n3c4ccccc4c4c5c6ccccc6n(-c6cnc7c8ccccc8c8ccccc8c7n6)c5ccc43)cc2)cc1. The Hall–Kier alpha value is -6.78. The van der Waals surface area contributed by atoms with E-state index in [1.807, 2.05) is 6.20 Å². The Bertz CT molecular complexity index is 3100. The predicted octanol–water partition coefficient (Wildman–Crippen LogP) is 11.8. The molecule has 0 aliphatic rings. The number of benzene rings is 8. The summed E-state index contributed by atoms with van der Waals surface area (Å²) in [6, 6.07) is 58.5. The van der Waals surface area contributed by atoms with E-state index in [-0.39, 0.29) is 0 Å². The molecule has 0 saturated carbocycles. The van der Waals surface area contributed by atoms with Crippen molar-refractivity contribution in [1.29, 1.82) is 0 Å². The van der Waals surface area contributed by atoms with Gasteiger partial charge in [0.2, 0.25) is 0 Å². The van der Waals surface area contributed by atoms with Crippen molar-refractivity contribution in [2.75, 3.05) is 0 Å². The third-order valence-electron chi connectivity index (χ3n) is 10.3. The lowest BCUT2D eigenvalue weighted by Crippen LogP contribution is -2.00. The zero-order chi connectivity index (χ0) is 32.8. The number of rotatable bonds is 3. The van der Waals surface area contributed by atoms with Gasteiger partial charge in [-0.2, -0.15) is 0 Å². The van der Waals surface area contributed by atoms with Crippen LogP contribution in [-0.2, 0) is 0 Å². The van der Waals surface area contributed by atoms with Gasteiger partial charge in [-0.1, -0.05) is 127 Å². The van der Waals surface area contributed by atoms with Gasteiger partial charge in [0.15, 0.2) is 5.82 Å². The minimum atomic E-state index is 0.809. The molecule has 3 aromatic heterocycles. The van der Waals surface area contributed by atoms with Crippen molar-refractivity contribution in [3.8, 4) is 22.6 Å². The van der Waals surface area contributed by atoms with Gasteiger partial charge < -0.3 is 4.57 Å². The molecule has 11 aromatic rings. The normalized spacial score (nSPS) is 12.0. The molecule has 4 nitrogen and oxygen atoms in total. The van der Waals surface area contributed by atoms with Crippen LogP contribution in [0, 0.1) is 0 Å². The second-order valence-corrected chi connectivity index (χ2v) is 13.0. The van der Waals surface area contributed by atoms with Crippen LogP contribution in [0.4, 0.5) is 0 Å². The summed E-state index contributed by atoms with van der Waals surface area (Å²) in [5.41, 5.74) is 9.98. The van der Waals surface area contributed by atoms with Crippen molar-refractivity contribution in [2.45, 2.75) is 0 Å². The first kappa shape index (κ1) is 27.2. The van der Waals surface area contributed by atoms with Gasteiger partial charge in [0.25, 0.3) is 0 Å². The van der Waals surface area contributed by atoms with E-state index in [2.05, 4.69) is 173 Å². The summed E-state index contributed by atoms with van der Waals surface area (Å²) in [6.45, 7) is 0. The molecule has 0 aliphatic heterocycles. The zero-order valence-corrected chi connectivity index (χ0v) is 27.0. The molecule has 0 atom stereocenters. The van der Waals surface area contributed by atoms with Crippen LogP contribution >= 0.6 is 0 Å². The highest BCUT2D eigenvalue weighted by atomic mass is 15.1. The van der Waals surface area contributed by atoms with Crippen molar-refractivity contribution >= 4 is 76.2 Å². The van der Waals surface area contributed by atoms with Crippen molar-refractivity contribution < 1.29 is 0 Å². The van der Waals surface area contributed by atoms with Crippen LogP contribution in [0.25, 0.3) is 98.8 Å². The number of nitrogens with zero attached hydrogens (tertiary/aromatic N) is 4. The second-order valence-electron chi connectivity index (χ2n) is 13.0. The number of hydrogen-bond acceptors (Lipinski definition) is 2. The third-order valence-corrected chi connectivity index (χ3v) is 10.3. The molecule has 232 valence electrons. The molecule has 0 bridgehead atoms. The van der Waals surface area contributed by atoms with Crippen molar-refractivity contribution in [2.24, 2.45) is 0 Å². The molecule has 0 unspecified atom stereocenters. The fourth-order valence-electron chi connectivity index (χ4n) is 8.20. The summed E-state index contributed by atoms with van der Waals surface area (Å²) in [5.74, 6) is 0.809. The Morgan fingerprint density at radius 3 is 1.46 bits per heavy atom. The first-order valence-corrected chi connectivity index (χ1v) is 17.0. The van der Waals surface area contributed by atoms with E-state index in [0.29, 0.717) is 0 Å². The number of hydrogen-bond donors (Lipinski definition) is 0. The highest BCUT2D eigenvalue weighted by Gasteiger charge is 2.21. The Morgan fingerprint density at radius 2 is 0.820 bits per heavy atom. The molecule has 0 fully saturated rings. The summed E-state index contributed by atoms with van der Waals surface area (Å²) in [7, 11) is 0. The monoisotopic (exact) mass is 636 g/mol. The Balaban J connectivity index is 1.20. The van der Waals surface area contributed by atoms with E-state index in [1.165, 1.54) is 54.5 Å². The molecule has 0 saturated heterocycles. The van der Waals surface area contributed by atoms with Crippen LogP contribution in [0.2, 0.25) is 0 Å². The van der Waals surface area contributed by atoms with Crippen molar-refractivity contribution in [1.82, 2.24) is 19.1 Å². The average molecular weight is 637 g/mol. The average Bonchev–Trinajstić information content (AvgIpc) is 3.71. The van der Waals surface area contributed by atoms with Crippen LogP contribution in [0.15, 0.2) is 170 Å². The lowest BCUT2D eigenvalue weighted by molar-refractivity contribution is 1.08. The highest BCUT2D eigenvalue weighted by molar-refractivity contribution is 6.29. The maximum Gasteiger partial charge on any atom is 0.156 e. The summed E-state index contributed by atoms with van der Waals surface area (Å²) >= 11 is 0. The largest absolute Gasteiger partial charge is 0.309 e. The minimum absolute atomic E-state index is 0.809. The van der Waals surface area contributed by atoms with Gasteiger partial charge in [-0.25, -0.2) is 4.98 Å². The van der Waals surface area contributed by atoms with E-state index in [9.17, 15) is 0 Å². The van der Waals surface area contributed by atoms with E-state index in [1.54, 1.807) is 0 Å². The predicted molar refractivity (Wildman–Crippen MR) is 209 cm³/mol. The van der Waals surface area contributed by atoms with E-state index in [4.69, 9.17) is 9.97 Å². The molecule has 0 amide bonds. The first-order valence-electron chi connectivity index (χ1n) is 17.0. The molecule has 3 heterocycles. The van der Waals surface area contributed by atoms with Crippen LogP contribution in [-0.4, -0.2) is 19.1 Å². The van der Waals surface area contributed by atoms with E-state index in [0.717, 1.165) is 44.3 Å². The number of fused-ring (bicyclic) bond motifs is 13. The van der Waals surface area contributed by atoms with Crippen molar-refractivity contribution in [3.63, 3.8) is 0 Å². The van der Waals surface area contributed by atoms with Gasteiger partial charge in [0.1, 0.15) is 0 Å². The van der Waals surface area contributed by atoms with Gasteiger partial charge in [0, 0.05) is 38.0 Å². The summed E-state index contributed by atoms with van der Waals surface area (Å²) in [4.78, 5) is 10.5. The summed E-state index contributed by atoms with van der Waals surface area (Å²) in [6.07, 6.45) is 1.94. The van der Waals surface area contributed by atoms with Gasteiger partial charge >= 0.3 is 0 Å². The third kappa shape index (κ3) is 3.76. The fourth-order valence-corrected chi connectivity index (χ4v) is 8.20. The molecule has 11 rings (SSSR count). The molecule has 4 heteroatoms. The zero-order valence-electron chi connectivity index (χ0n) is 27.0. The topological polar surface area (TPSA) is 35.6 Å². The minimum Gasteiger partial charge on any atom is -0.309 e. The Kier molecular flexibility index (Phi) is 5.63. The van der Waals surface area contributed by atoms with Crippen LogP contribution in [0.3, 0.4) is 0 Å². The van der Waals surface area contributed by atoms with Gasteiger partial charge in [-0.3, -0.25) is 9.55 Å². The van der Waals surface area contributed by atoms with Gasteiger partial charge in [0.05, 0.1) is 39.3 Å². The van der Waals surface area contributed by atoms with Gasteiger partial charge in [-0.05, 0) is 58.3 Å². The van der Waals surface area contributed by atoms with E-state index < -0.39 is 0 Å². The lowest BCUT2D eigenvalue weighted by Gasteiger charge is -2.12. The quantitative estimate of drug-likeness (QED) is 0.181.